The number of ether oxygens (including phenoxy) is 3. The second kappa shape index (κ2) is 11.5. The molecule has 3 aliphatic heterocycles. The van der Waals surface area contributed by atoms with Crippen LogP contribution in [0.4, 0.5) is 16.2 Å². The van der Waals surface area contributed by atoms with E-state index in [2.05, 4.69) is 10.6 Å². The highest BCUT2D eigenvalue weighted by molar-refractivity contribution is 6.07. The third kappa shape index (κ3) is 5.40. The van der Waals surface area contributed by atoms with Crippen LogP contribution in [0.5, 0.6) is 0 Å². The summed E-state index contributed by atoms with van der Waals surface area (Å²) in [5, 5.41) is 17.7. The number of aliphatic hydroxyl groups is 1. The summed E-state index contributed by atoms with van der Waals surface area (Å²) in [6, 6.07) is 26.1. The third-order valence-corrected chi connectivity index (χ3v) is 8.43. The maximum atomic E-state index is 13.5. The van der Waals surface area contributed by atoms with E-state index in [1.807, 2.05) is 96.8 Å². The molecule has 2 amide bonds. The first kappa shape index (κ1) is 27.3. The van der Waals surface area contributed by atoms with Crippen LogP contribution in [0.1, 0.15) is 24.5 Å². The molecule has 3 N–H and O–H groups in total. The molecule has 1 unspecified atom stereocenters. The Kier molecular flexibility index (Phi) is 7.66. The van der Waals surface area contributed by atoms with Gasteiger partial charge in [-0.25, -0.2) is 4.79 Å². The highest BCUT2D eigenvalue weighted by Crippen LogP contribution is 2.42. The van der Waals surface area contributed by atoms with Gasteiger partial charge >= 0.3 is 6.09 Å². The molecule has 0 bridgehead atoms. The summed E-state index contributed by atoms with van der Waals surface area (Å²) in [5.74, 6) is -0.177. The number of amides is 2. The summed E-state index contributed by atoms with van der Waals surface area (Å²) in [7, 11) is 0. The van der Waals surface area contributed by atoms with Gasteiger partial charge in [0.1, 0.15) is 11.6 Å². The number of carbonyl (C=O) groups is 2. The Morgan fingerprint density at radius 3 is 2.56 bits per heavy atom. The predicted octanol–water partition coefficient (Wildman–Crippen LogP) is 3.82. The van der Waals surface area contributed by atoms with E-state index >= 15 is 0 Å². The number of hydrogen-bond donors (Lipinski definition) is 3. The minimum Gasteiger partial charge on any atom is -0.443 e. The van der Waals surface area contributed by atoms with E-state index in [9.17, 15) is 14.7 Å². The van der Waals surface area contributed by atoms with E-state index in [0.29, 0.717) is 13.0 Å². The van der Waals surface area contributed by atoms with E-state index in [4.69, 9.17) is 14.2 Å². The topological polar surface area (TPSA) is 109 Å². The van der Waals surface area contributed by atoms with Crippen LogP contribution in [0.2, 0.25) is 0 Å². The molecule has 0 aromatic heterocycles. The number of fused-ring (bicyclic) bond motifs is 2. The molecule has 6 atom stereocenters. The zero-order chi connectivity index (χ0) is 28.4. The molecular weight excluding hydrogens is 522 g/mol. The van der Waals surface area contributed by atoms with E-state index in [1.165, 1.54) is 0 Å². The maximum Gasteiger partial charge on any atom is 0.407 e. The molecule has 9 nitrogen and oxygen atoms in total. The summed E-state index contributed by atoms with van der Waals surface area (Å²) in [5.41, 5.74) is 2.20. The minimum absolute atomic E-state index is 0.00714. The molecule has 0 saturated carbocycles. The molecule has 3 aromatic carbocycles. The number of benzene rings is 3. The molecule has 2 fully saturated rings. The molecule has 6 rings (SSSR count). The molecule has 3 aliphatic rings. The molecule has 2 saturated heterocycles. The highest BCUT2D eigenvalue weighted by Gasteiger charge is 2.49. The van der Waals surface area contributed by atoms with Crippen molar-refractivity contribution in [3.63, 3.8) is 0 Å². The number of alkyl carbamates (subject to hydrolysis) is 1. The number of anilines is 2. The van der Waals surface area contributed by atoms with Gasteiger partial charge in [-0.1, -0.05) is 66.7 Å². The first-order valence-electron chi connectivity index (χ1n) is 14.1. The molecule has 0 radical (unpaired) electrons. The van der Waals surface area contributed by atoms with Crippen LogP contribution in [0.15, 0.2) is 84.9 Å². The predicted molar refractivity (Wildman–Crippen MR) is 153 cm³/mol. The number of nitrogens with one attached hydrogen (secondary N) is 2. The Balaban J connectivity index is 1.27. The lowest BCUT2D eigenvalue weighted by Gasteiger charge is -2.41. The number of para-hydroxylation sites is 2. The normalized spacial score (nSPS) is 26.0. The minimum atomic E-state index is -1.09. The maximum absolute atomic E-state index is 13.5. The fraction of sp³-hybridized carbons (Fsp3) is 0.375. The van der Waals surface area contributed by atoms with Gasteiger partial charge in [-0.2, -0.15) is 0 Å². The summed E-state index contributed by atoms with van der Waals surface area (Å²) in [4.78, 5) is 28.6. The van der Waals surface area contributed by atoms with Crippen LogP contribution in [-0.4, -0.2) is 61.4 Å². The van der Waals surface area contributed by atoms with Crippen LogP contribution in [0.3, 0.4) is 0 Å². The van der Waals surface area contributed by atoms with Gasteiger partial charge in [-0.3, -0.25) is 4.79 Å². The van der Waals surface area contributed by atoms with Crippen molar-refractivity contribution in [1.82, 2.24) is 5.32 Å². The monoisotopic (exact) mass is 557 g/mol. The van der Waals surface area contributed by atoms with Gasteiger partial charge < -0.3 is 34.9 Å². The Labute approximate surface area is 239 Å². The van der Waals surface area contributed by atoms with Gasteiger partial charge in [0.2, 0.25) is 0 Å². The fourth-order valence-electron chi connectivity index (χ4n) is 6.14. The summed E-state index contributed by atoms with van der Waals surface area (Å²) in [6.07, 6.45) is -1.27. The summed E-state index contributed by atoms with van der Waals surface area (Å²) >= 11 is 0. The lowest BCUT2D eigenvalue weighted by atomic mass is 9.89. The Hall–Kier alpha value is -3.92. The molecule has 9 heteroatoms. The van der Waals surface area contributed by atoms with Gasteiger partial charge in [0, 0.05) is 23.5 Å². The number of rotatable bonds is 9. The Morgan fingerprint density at radius 1 is 1.07 bits per heavy atom. The van der Waals surface area contributed by atoms with Gasteiger partial charge in [-0.05, 0) is 43.5 Å². The quantitative estimate of drug-likeness (QED) is 0.367. The number of hydrogen-bond acceptors (Lipinski definition) is 7. The SMILES string of the molecule is CC1(N(C[C@@H](O)[C@H](Cc2ccccc2)NC(=O)O[C@H]2CO[C@H]3OCC[C@H]32)c2ccccc2)C(=O)Nc2ccccc21. The van der Waals surface area contributed by atoms with Crippen molar-refractivity contribution in [2.75, 3.05) is 30.0 Å². The Morgan fingerprint density at radius 2 is 1.78 bits per heavy atom. The van der Waals surface area contributed by atoms with Crippen molar-refractivity contribution in [1.29, 1.82) is 0 Å². The van der Waals surface area contributed by atoms with Gasteiger partial charge in [0.25, 0.3) is 5.91 Å². The molecule has 3 heterocycles. The largest absolute Gasteiger partial charge is 0.443 e. The first-order valence-corrected chi connectivity index (χ1v) is 14.1. The third-order valence-electron chi connectivity index (χ3n) is 8.43. The standard InChI is InChI=1S/C32H35N3O6/c1-32(24-14-8-9-15-25(24)33-30(32)37)35(22-12-6-3-7-13-22)19-27(36)26(18-21-10-4-2-5-11-21)34-31(38)41-28-20-40-29-23(28)16-17-39-29/h2-15,23,26-29,36H,16-20H2,1H3,(H,33,37)(H,34,38)/t23-,26-,27+,28-,29+,32?/m0/s1. The van der Waals surface area contributed by atoms with Gasteiger partial charge in [0.05, 0.1) is 31.3 Å². The van der Waals surface area contributed by atoms with Crippen molar-refractivity contribution in [3.05, 3.63) is 96.1 Å². The summed E-state index contributed by atoms with van der Waals surface area (Å²) in [6.45, 7) is 2.80. The Bertz CT molecular complexity index is 1370. The smallest absolute Gasteiger partial charge is 0.407 e. The molecule has 3 aromatic rings. The average molecular weight is 558 g/mol. The van der Waals surface area contributed by atoms with Crippen molar-refractivity contribution in [2.45, 2.75) is 49.8 Å². The molecular formula is C32H35N3O6. The average Bonchev–Trinajstić information content (AvgIpc) is 3.68. The van der Waals surface area contributed by atoms with E-state index in [0.717, 1.165) is 28.9 Å². The fourth-order valence-corrected chi connectivity index (χ4v) is 6.14. The van der Waals surface area contributed by atoms with Crippen molar-refractivity contribution >= 4 is 23.4 Å². The van der Waals surface area contributed by atoms with Crippen molar-refractivity contribution < 1.29 is 28.9 Å². The zero-order valence-electron chi connectivity index (χ0n) is 22.9. The van der Waals surface area contributed by atoms with Gasteiger partial charge in [-0.15, -0.1) is 0 Å². The van der Waals surface area contributed by atoms with Gasteiger partial charge in [0.15, 0.2) is 6.29 Å². The lowest BCUT2D eigenvalue weighted by molar-refractivity contribution is -0.120. The molecule has 41 heavy (non-hydrogen) atoms. The van der Waals surface area contributed by atoms with E-state index in [1.54, 1.807) is 0 Å². The van der Waals surface area contributed by atoms with Crippen LogP contribution < -0.4 is 15.5 Å². The molecule has 214 valence electrons. The molecule has 0 aliphatic carbocycles. The zero-order valence-corrected chi connectivity index (χ0v) is 22.9. The van der Waals surface area contributed by atoms with E-state index in [-0.39, 0.29) is 31.3 Å². The second-order valence-corrected chi connectivity index (χ2v) is 11.0. The van der Waals surface area contributed by atoms with Crippen LogP contribution in [0.25, 0.3) is 0 Å². The highest BCUT2D eigenvalue weighted by atomic mass is 16.7. The number of carbonyl (C=O) groups excluding carboxylic acids is 2. The van der Waals surface area contributed by atoms with E-state index < -0.39 is 29.9 Å². The van der Waals surface area contributed by atoms with Crippen LogP contribution >= 0.6 is 0 Å². The summed E-state index contributed by atoms with van der Waals surface area (Å²) < 4.78 is 17.0. The lowest BCUT2D eigenvalue weighted by Crippen LogP contribution is -2.56. The van der Waals surface area contributed by atoms with Crippen LogP contribution in [-0.2, 0) is 31.0 Å². The van der Waals surface area contributed by atoms with Crippen molar-refractivity contribution in [3.8, 4) is 0 Å². The number of aliphatic hydroxyl groups excluding tert-OH is 1. The second-order valence-electron chi connectivity index (χ2n) is 11.0. The molecule has 0 spiro atoms. The van der Waals surface area contributed by atoms with Crippen molar-refractivity contribution in [2.24, 2.45) is 5.92 Å². The number of nitrogens with zero attached hydrogens (tertiary/aromatic N) is 1. The van der Waals surface area contributed by atoms with Crippen LogP contribution in [0, 0.1) is 5.92 Å². The first-order chi connectivity index (χ1) is 19.9.